The largest absolute Gasteiger partial charge is 0.493 e. The minimum absolute atomic E-state index is 0.165. The second-order valence-electron chi connectivity index (χ2n) is 4.39. The molecule has 5 nitrogen and oxygen atoms in total. The van der Waals surface area contributed by atoms with E-state index in [9.17, 15) is 9.90 Å². The highest BCUT2D eigenvalue weighted by Crippen LogP contribution is 2.35. The maximum Gasteiger partial charge on any atom is 0.337 e. The van der Waals surface area contributed by atoms with E-state index in [1.165, 1.54) is 13.2 Å². The molecule has 0 fully saturated rings. The number of carbonyl (C=O) groups is 1. The monoisotopic (exact) mass is 288 g/mol. The average Bonchev–Trinajstić information content (AvgIpc) is 2.52. The zero-order chi connectivity index (χ0) is 15.2. The van der Waals surface area contributed by atoms with Crippen molar-refractivity contribution in [2.45, 2.75) is 12.7 Å². The maximum atomic E-state index is 11.0. The van der Waals surface area contributed by atoms with Crippen LogP contribution in [-0.4, -0.2) is 23.3 Å². The zero-order valence-electron chi connectivity index (χ0n) is 11.5. The lowest BCUT2D eigenvalue weighted by Crippen LogP contribution is -2.12. The predicted octanol–water partition coefficient (Wildman–Crippen LogP) is 2.39. The third kappa shape index (κ3) is 3.52. The van der Waals surface area contributed by atoms with Crippen molar-refractivity contribution in [3.8, 4) is 11.5 Å². The van der Waals surface area contributed by atoms with E-state index in [2.05, 4.69) is 0 Å². The van der Waals surface area contributed by atoms with Crippen LogP contribution in [0.3, 0.4) is 0 Å². The molecule has 2 aromatic carbocycles. The molecule has 1 unspecified atom stereocenters. The van der Waals surface area contributed by atoms with E-state index >= 15 is 0 Å². The summed E-state index contributed by atoms with van der Waals surface area (Å²) < 4.78 is 10.8. The minimum Gasteiger partial charge on any atom is -0.493 e. The second kappa shape index (κ2) is 6.76. The molecule has 0 aliphatic carbocycles. The number of hydrogen-bond donors (Lipinski definition) is 2. The molecule has 0 bridgehead atoms. The number of carboxylic acid groups (broad SMARTS) is 1. The van der Waals surface area contributed by atoms with Gasteiger partial charge in [0.05, 0.1) is 7.11 Å². The fraction of sp³-hybridized carbons (Fsp3) is 0.188. The molecule has 0 heterocycles. The van der Waals surface area contributed by atoms with Crippen LogP contribution in [0.1, 0.15) is 17.2 Å². The van der Waals surface area contributed by atoms with Crippen molar-refractivity contribution in [3.05, 3.63) is 59.7 Å². The van der Waals surface area contributed by atoms with Gasteiger partial charge in [-0.15, -0.1) is 0 Å². The maximum absolute atomic E-state index is 11.0. The second-order valence-corrected chi connectivity index (χ2v) is 4.39. The molecule has 0 saturated heterocycles. The normalized spacial score (nSPS) is 11.7. The van der Waals surface area contributed by atoms with Gasteiger partial charge in [-0.2, -0.15) is 0 Å². The van der Waals surface area contributed by atoms with Crippen LogP contribution in [0.15, 0.2) is 48.5 Å². The Hall–Kier alpha value is -2.53. The van der Waals surface area contributed by atoms with E-state index in [0.717, 1.165) is 5.56 Å². The fourth-order valence-electron chi connectivity index (χ4n) is 1.93. The van der Waals surface area contributed by atoms with Crippen LogP contribution in [0.4, 0.5) is 0 Å². The summed E-state index contributed by atoms with van der Waals surface area (Å²) in [5.74, 6) is -0.727. The molecular formula is C16H16O5. The molecule has 0 amide bonds. The molecule has 2 rings (SSSR count). The highest BCUT2D eigenvalue weighted by Gasteiger charge is 2.23. The predicted molar refractivity (Wildman–Crippen MR) is 76.4 cm³/mol. The Balaban J connectivity index is 2.29. The van der Waals surface area contributed by atoms with Crippen LogP contribution >= 0.6 is 0 Å². The highest BCUT2D eigenvalue weighted by molar-refractivity contribution is 5.75. The Morgan fingerprint density at radius 2 is 1.86 bits per heavy atom. The highest BCUT2D eigenvalue weighted by atomic mass is 16.5. The summed E-state index contributed by atoms with van der Waals surface area (Å²) in [4.78, 5) is 11.0. The average molecular weight is 288 g/mol. The van der Waals surface area contributed by atoms with Crippen molar-refractivity contribution in [3.63, 3.8) is 0 Å². The number of ether oxygens (including phenoxy) is 2. The van der Waals surface area contributed by atoms with Crippen molar-refractivity contribution < 1.29 is 24.5 Å². The van der Waals surface area contributed by atoms with Crippen molar-refractivity contribution in [1.29, 1.82) is 0 Å². The van der Waals surface area contributed by atoms with Crippen molar-refractivity contribution >= 4 is 5.97 Å². The van der Waals surface area contributed by atoms with Crippen molar-refractivity contribution in [1.82, 2.24) is 0 Å². The third-order valence-electron chi connectivity index (χ3n) is 2.98. The molecular weight excluding hydrogens is 272 g/mol. The van der Waals surface area contributed by atoms with Gasteiger partial charge in [0.25, 0.3) is 0 Å². The summed E-state index contributed by atoms with van der Waals surface area (Å²) in [6.07, 6.45) is -1.66. The molecule has 0 radical (unpaired) electrons. The lowest BCUT2D eigenvalue weighted by atomic mass is 10.1. The van der Waals surface area contributed by atoms with Gasteiger partial charge in [-0.3, -0.25) is 0 Å². The summed E-state index contributed by atoms with van der Waals surface area (Å²) in [6.45, 7) is 0.251. The molecule has 2 N–H and O–H groups in total. The van der Waals surface area contributed by atoms with E-state index in [4.69, 9.17) is 14.6 Å². The number of aliphatic carboxylic acids is 1. The first-order chi connectivity index (χ1) is 10.1. The number of methoxy groups -OCH3 is 1. The molecule has 1 atom stereocenters. The standard InChI is InChI=1S/C16H16O5/c1-20-13-9-5-8-12(14(17)16(18)19)15(13)21-10-11-6-3-2-4-7-11/h2-9,14,17H,10H2,1H3,(H,18,19). The van der Waals surface area contributed by atoms with Crippen LogP contribution in [0.5, 0.6) is 11.5 Å². The van der Waals surface area contributed by atoms with Gasteiger partial charge in [-0.1, -0.05) is 42.5 Å². The summed E-state index contributed by atoms with van der Waals surface area (Å²) >= 11 is 0. The number of carboxylic acids is 1. The van der Waals surface area contributed by atoms with Crippen LogP contribution in [0, 0.1) is 0 Å². The first-order valence-corrected chi connectivity index (χ1v) is 6.38. The van der Waals surface area contributed by atoms with Crippen LogP contribution < -0.4 is 9.47 Å². The topological polar surface area (TPSA) is 76.0 Å². The van der Waals surface area contributed by atoms with Gasteiger partial charge >= 0.3 is 5.97 Å². The fourth-order valence-corrected chi connectivity index (χ4v) is 1.93. The Kier molecular flexibility index (Phi) is 4.79. The first-order valence-electron chi connectivity index (χ1n) is 6.38. The Bertz CT molecular complexity index is 609. The van der Waals surface area contributed by atoms with Gasteiger partial charge in [0.2, 0.25) is 0 Å². The number of aliphatic hydroxyl groups excluding tert-OH is 1. The molecule has 0 spiro atoms. The summed E-state index contributed by atoms with van der Waals surface area (Å²) in [5.41, 5.74) is 1.09. The van der Waals surface area contributed by atoms with Gasteiger partial charge in [-0.25, -0.2) is 4.79 Å². The lowest BCUT2D eigenvalue weighted by Gasteiger charge is -2.16. The van der Waals surface area contributed by atoms with E-state index in [1.807, 2.05) is 30.3 Å². The number of rotatable bonds is 6. The summed E-state index contributed by atoms with van der Waals surface area (Å²) in [6, 6.07) is 14.2. The van der Waals surface area contributed by atoms with E-state index in [-0.39, 0.29) is 17.9 Å². The summed E-state index contributed by atoms with van der Waals surface area (Å²) in [7, 11) is 1.46. The number of hydrogen-bond acceptors (Lipinski definition) is 4. The number of para-hydroxylation sites is 1. The quantitative estimate of drug-likeness (QED) is 0.853. The molecule has 110 valence electrons. The van der Waals surface area contributed by atoms with Crippen LogP contribution in [0.2, 0.25) is 0 Å². The molecule has 2 aromatic rings. The zero-order valence-corrected chi connectivity index (χ0v) is 11.5. The third-order valence-corrected chi connectivity index (χ3v) is 2.98. The number of aliphatic hydroxyl groups is 1. The molecule has 5 heteroatoms. The van der Waals surface area contributed by atoms with E-state index in [1.54, 1.807) is 12.1 Å². The lowest BCUT2D eigenvalue weighted by molar-refractivity contribution is -0.147. The smallest absolute Gasteiger partial charge is 0.337 e. The van der Waals surface area contributed by atoms with E-state index in [0.29, 0.717) is 5.75 Å². The molecule has 21 heavy (non-hydrogen) atoms. The minimum atomic E-state index is -1.66. The van der Waals surface area contributed by atoms with Crippen LogP contribution in [0.25, 0.3) is 0 Å². The van der Waals surface area contributed by atoms with Crippen molar-refractivity contribution in [2.24, 2.45) is 0 Å². The Labute approximate surface area is 122 Å². The van der Waals surface area contributed by atoms with Gasteiger partial charge in [-0.05, 0) is 11.6 Å². The molecule has 0 aliphatic heterocycles. The van der Waals surface area contributed by atoms with Gasteiger partial charge in [0.15, 0.2) is 17.6 Å². The molecule has 0 aromatic heterocycles. The van der Waals surface area contributed by atoms with Gasteiger partial charge in [0.1, 0.15) is 6.61 Å². The van der Waals surface area contributed by atoms with Crippen LogP contribution in [-0.2, 0) is 11.4 Å². The SMILES string of the molecule is COc1cccc(C(O)C(=O)O)c1OCc1ccccc1. The molecule has 0 saturated carbocycles. The number of benzene rings is 2. The van der Waals surface area contributed by atoms with Gasteiger partial charge < -0.3 is 19.7 Å². The van der Waals surface area contributed by atoms with Gasteiger partial charge in [0, 0.05) is 5.56 Å². The van der Waals surface area contributed by atoms with E-state index < -0.39 is 12.1 Å². The Morgan fingerprint density at radius 3 is 2.48 bits per heavy atom. The summed E-state index contributed by atoms with van der Waals surface area (Å²) in [5, 5.41) is 18.7. The Morgan fingerprint density at radius 1 is 1.14 bits per heavy atom. The molecule has 0 aliphatic rings. The van der Waals surface area contributed by atoms with Crippen molar-refractivity contribution in [2.75, 3.05) is 7.11 Å². The first kappa shape index (κ1) is 14.9.